The highest BCUT2D eigenvalue weighted by molar-refractivity contribution is 4.57. The number of alkyl halides is 1. The number of halogens is 1. The van der Waals surface area contributed by atoms with Gasteiger partial charge in [0.1, 0.15) is 6.67 Å². The van der Waals surface area contributed by atoms with E-state index in [-0.39, 0.29) is 12.8 Å². The molecule has 0 bridgehead atoms. The zero-order chi connectivity index (χ0) is 9.28. The van der Waals surface area contributed by atoms with Crippen molar-refractivity contribution in [1.82, 2.24) is 0 Å². The second kappa shape index (κ2) is 9.89. The van der Waals surface area contributed by atoms with Crippen molar-refractivity contribution in [3.05, 3.63) is 0 Å². The van der Waals surface area contributed by atoms with Crippen molar-refractivity contribution in [1.29, 1.82) is 0 Å². The highest BCUT2D eigenvalue weighted by Crippen LogP contribution is 2.07. The van der Waals surface area contributed by atoms with Crippen LogP contribution in [0.5, 0.6) is 0 Å². The van der Waals surface area contributed by atoms with Gasteiger partial charge in [0.25, 0.3) is 0 Å². The molecule has 1 atom stereocenters. The van der Waals surface area contributed by atoms with E-state index in [1.807, 2.05) is 13.8 Å². The minimum Gasteiger partial charge on any atom is -0.379 e. The van der Waals surface area contributed by atoms with Crippen LogP contribution < -0.4 is 0 Å². The summed E-state index contributed by atoms with van der Waals surface area (Å²) in [7, 11) is 1.55. The van der Waals surface area contributed by atoms with Gasteiger partial charge in [0, 0.05) is 7.11 Å². The molecule has 0 aromatic rings. The van der Waals surface area contributed by atoms with Gasteiger partial charge in [-0.2, -0.15) is 0 Å². The van der Waals surface area contributed by atoms with Gasteiger partial charge in [0.2, 0.25) is 0 Å². The van der Waals surface area contributed by atoms with E-state index < -0.39 is 0 Å². The van der Waals surface area contributed by atoms with Gasteiger partial charge in [0.05, 0.1) is 6.10 Å². The standard InChI is InChI=1S/C7H15FO.C2H6/c1-6(2)4-7(5-8)9-3;1-2/h6-7H,4-5H2,1-3H3;1-2H3. The van der Waals surface area contributed by atoms with Crippen LogP contribution in [0.25, 0.3) is 0 Å². The fraction of sp³-hybridized carbons (Fsp3) is 1.00. The summed E-state index contributed by atoms with van der Waals surface area (Å²) in [4.78, 5) is 0. The minimum atomic E-state index is -0.366. The third-order valence-corrected chi connectivity index (χ3v) is 1.24. The lowest BCUT2D eigenvalue weighted by molar-refractivity contribution is 0.0630. The Morgan fingerprint density at radius 3 is 1.82 bits per heavy atom. The van der Waals surface area contributed by atoms with Gasteiger partial charge >= 0.3 is 0 Å². The molecule has 0 aliphatic heterocycles. The summed E-state index contributed by atoms with van der Waals surface area (Å²) < 4.78 is 16.7. The van der Waals surface area contributed by atoms with Crippen molar-refractivity contribution in [2.45, 2.75) is 40.2 Å². The third-order valence-electron chi connectivity index (χ3n) is 1.24. The summed E-state index contributed by atoms with van der Waals surface area (Å²) in [6.07, 6.45) is 0.623. The SMILES string of the molecule is CC.COC(CF)CC(C)C. The molecule has 2 heteroatoms. The number of ether oxygens (including phenoxy) is 1. The van der Waals surface area contributed by atoms with Crippen LogP contribution in [0.1, 0.15) is 34.1 Å². The molecule has 0 spiro atoms. The highest BCUT2D eigenvalue weighted by atomic mass is 19.1. The lowest BCUT2D eigenvalue weighted by Gasteiger charge is -2.12. The largest absolute Gasteiger partial charge is 0.379 e. The smallest absolute Gasteiger partial charge is 0.116 e. The van der Waals surface area contributed by atoms with Crippen LogP contribution >= 0.6 is 0 Å². The Morgan fingerprint density at radius 1 is 1.27 bits per heavy atom. The quantitative estimate of drug-likeness (QED) is 0.620. The average Bonchev–Trinajstić information content (AvgIpc) is 2.03. The predicted octanol–water partition coefficient (Wildman–Crippen LogP) is 3.04. The van der Waals surface area contributed by atoms with Crippen LogP contribution in [0.15, 0.2) is 0 Å². The van der Waals surface area contributed by atoms with E-state index in [1.165, 1.54) is 0 Å². The highest BCUT2D eigenvalue weighted by Gasteiger charge is 2.07. The van der Waals surface area contributed by atoms with E-state index in [9.17, 15) is 4.39 Å². The first-order valence-corrected chi connectivity index (χ1v) is 4.29. The number of hydrogen-bond donors (Lipinski definition) is 0. The van der Waals surface area contributed by atoms with E-state index in [2.05, 4.69) is 13.8 Å². The van der Waals surface area contributed by atoms with Crippen molar-refractivity contribution >= 4 is 0 Å². The molecular weight excluding hydrogens is 143 g/mol. The van der Waals surface area contributed by atoms with Crippen molar-refractivity contribution in [2.75, 3.05) is 13.8 Å². The Morgan fingerprint density at radius 2 is 1.73 bits per heavy atom. The lowest BCUT2D eigenvalue weighted by Crippen LogP contribution is -2.15. The van der Waals surface area contributed by atoms with Crippen molar-refractivity contribution in [3.8, 4) is 0 Å². The molecule has 0 aromatic heterocycles. The van der Waals surface area contributed by atoms with Gasteiger partial charge in [-0.05, 0) is 12.3 Å². The summed E-state index contributed by atoms with van der Waals surface area (Å²) in [5.41, 5.74) is 0. The minimum absolute atomic E-state index is 0.190. The Hall–Kier alpha value is -0.110. The zero-order valence-electron chi connectivity index (χ0n) is 8.36. The van der Waals surface area contributed by atoms with Gasteiger partial charge in [-0.3, -0.25) is 0 Å². The fourth-order valence-electron chi connectivity index (χ4n) is 0.748. The van der Waals surface area contributed by atoms with Crippen molar-refractivity contribution in [2.24, 2.45) is 5.92 Å². The first-order valence-electron chi connectivity index (χ1n) is 4.29. The monoisotopic (exact) mass is 164 g/mol. The number of methoxy groups -OCH3 is 1. The molecule has 0 heterocycles. The Bertz CT molecular complexity index is 60.6. The van der Waals surface area contributed by atoms with Gasteiger partial charge < -0.3 is 4.74 Å². The van der Waals surface area contributed by atoms with Crippen LogP contribution in [0.3, 0.4) is 0 Å². The summed E-state index contributed by atoms with van der Waals surface area (Å²) in [6, 6.07) is 0. The first-order chi connectivity index (χ1) is 5.20. The van der Waals surface area contributed by atoms with Gasteiger partial charge in [0.15, 0.2) is 0 Å². The molecule has 70 valence electrons. The summed E-state index contributed by atoms with van der Waals surface area (Å²) in [5.74, 6) is 0.519. The van der Waals surface area contributed by atoms with Gasteiger partial charge in [-0.15, -0.1) is 0 Å². The normalized spacial score (nSPS) is 12.3. The lowest BCUT2D eigenvalue weighted by atomic mass is 10.1. The number of rotatable bonds is 4. The second-order valence-electron chi connectivity index (χ2n) is 2.64. The molecule has 0 aliphatic carbocycles. The maximum atomic E-state index is 11.9. The third kappa shape index (κ3) is 9.89. The molecule has 0 radical (unpaired) electrons. The molecule has 0 amide bonds. The Balaban J connectivity index is 0. The molecule has 1 nitrogen and oxygen atoms in total. The molecule has 1 unspecified atom stereocenters. The molecule has 0 saturated carbocycles. The maximum Gasteiger partial charge on any atom is 0.116 e. The molecule has 0 aliphatic rings. The summed E-state index contributed by atoms with van der Waals surface area (Å²) in [6.45, 7) is 7.75. The average molecular weight is 164 g/mol. The van der Waals surface area contributed by atoms with Gasteiger partial charge in [-0.1, -0.05) is 27.7 Å². The van der Waals surface area contributed by atoms with Crippen LogP contribution in [0.2, 0.25) is 0 Å². The van der Waals surface area contributed by atoms with Crippen molar-refractivity contribution < 1.29 is 9.13 Å². The molecule has 0 saturated heterocycles. The van der Waals surface area contributed by atoms with Crippen LogP contribution in [0.4, 0.5) is 4.39 Å². The van der Waals surface area contributed by atoms with E-state index >= 15 is 0 Å². The Labute approximate surface area is 69.9 Å². The first kappa shape index (κ1) is 13.5. The van der Waals surface area contributed by atoms with Crippen LogP contribution in [-0.4, -0.2) is 19.9 Å². The van der Waals surface area contributed by atoms with Crippen molar-refractivity contribution in [3.63, 3.8) is 0 Å². The molecule has 11 heavy (non-hydrogen) atoms. The molecule has 0 fully saturated rings. The molecule has 0 rings (SSSR count). The molecule has 0 aromatic carbocycles. The van der Waals surface area contributed by atoms with E-state index in [0.717, 1.165) is 6.42 Å². The second-order valence-corrected chi connectivity index (χ2v) is 2.64. The van der Waals surface area contributed by atoms with Gasteiger partial charge in [-0.25, -0.2) is 4.39 Å². The predicted molar refractivity (Wildman–Crippen MR) is 47.6 cm³/mol. The molecule has 0 N–H and O–H groups in total. The Kier molecular flexibility index (Phi) is 12.1. The fourth-order valence-corrected chi connectivity index (χ4v) is 0.748. The maximum absolute atomic E-state index is 11.9. The van der Waals surface area contributed by atoms with Crippen LogP contribution in [0, 0.1) is 5.92 Å². The summed E-state index contributed by atoms with van der Waals surface area (Å²) in [5, 5.41) is 0. The summed E-state index contributed by atoms with van der Waals surface area (Å²) >= 11 is 0. The molecular formula is C9H21FO. The topological polar surface area (TPSA) is 9.23 Å². The van der Waals surface area contributed by atoms with E-state index in [4.69, 9.17) is 4.74 Å². The van der Waals surface area contributed by atoms with E-state index in [0.29, 0.717) is 5.92 Å². The zero-order valence-corrected chi connectivity index (χ0v) is 8.36. The van der Waals surface area contributed by atoms with E-state index in [1.54, 1.807) is 7.11 Å². The van der Waals surface area contributed by atoms with Crippen LogP contribution in [-0.2, 0) is 4.74 Å². The number of hydrogen-bond acceptors (Lipinski definition) is 1.